The van der Waals surface area contributed by atoms with E-state index in [0.717, 1.165) is 6.07 Å². The number of rotatable bonds is 2. The largest absolute Gasteiger partial charge is 0.354 e. The summed E-state index contributed by atoms with van der Waals surface area (Å²) in [6.07, 6.45) is 1.21. The van der Waals surface area contributed by atoms with Gasteiger partial charge in [-0.15, -0.1) is 0 Å². The van der Waals surface area contributed by atoms with E-state index < -0.39 is 15.9 Å². The van der Waals surface area contributed by atoms with Gasteiger partial charge in [-0.2, -0.15) is 0 Å². The smallest absolute Gasteiger partial charge is 0.269 e. The van der Waals surface area contributed by atoms with Gasteiger partial charge in [0.1, 0.15) is 5.69 Å². The van der Waals surface area contributed by atoms with Gasteiger partial charge in [0, 0.05) is 13.2 Å². The number of primary sulfonamides is 1. The number of nitrogens with one attached hydrogen (secondary N) is 1. The molecule has 0 spiro atoms. The van der Waals surface area contributed by atoms with Crippen molar-refractivity contribution >= 4 is 15.9 Å². The van der Waals surface area contributed by atoms with Crippen molar-refractivity contribution in [3.8, 4) is 0 Å². The van der Waals surface area contributed by atoms with E-state index in [1.54, 1.807) is 0 Å². The number of aromatic nitrogens is 1. The van der Waals surface area contributed by atoms with E-state index in [4.69, 9.17) is 5.14 Å². The summed E-state index contributed by atoms with van der Waals surface area (Å²) in [5.41, 5.74) is 0.0130. The van der Waals surface area contributed by atoms with Crippen LogP contribution in [-0.2, 0) is 10.0 Å². The molecule has 1 heterocycles. The van der Waals surface area contributed by atoms with Crippen LogP contribution in [0, 0.1) is 0 Å². The van der Waals surface area contributed by atoms with Crippen molar-refractivity contribution in [2.75, 3.05) is 7.05 Å². The molecule has 1 amide bonds. The molecule has 0 aromatic carbocycles. The number of hydrogen-bond donors (Lipinski definition) is 2. The molecule has 7 heteroatoms. The minimum absolute atomic E-state index is 0.0130. The topological polar surface area (TPSA) is 102 Å². The van der Waals surface area contributed by atoms with Crippen LogP contribution < -0.4 is 10.5 Å². The first-order valence-corrected chi connectivity index (χ1v) is 5.20. The second-order valence-electron chi connectivity index (χ2n) is 2.50. The van der Waals surface area contributed by atoms with E-state index in [9.17, 15) is 13.2 Å². The summed E-state index contributed by atoms with van der Waals surface area (Å²) in [7, 11) is -2.36. The van der Waals surface area contributed by atoms with Crippen molar-refractivity contribution in [1.82, 2.24) is 10.3 Å². The van der Waals surface area contributed by atoms with Crippen molar-refractivity contribution in [2.45, 2.75) is 4.90 Å². The molecule has 0 aliphatic rings. The predicted molar refractivity (Wildman–Crippen MR) is 49.0 cm³/mol. The first-order valence-electron chi connectivity index (χ1n) is 3.66. The average Bonchev–Trinajstić information content (AvgIpc) is 2.15. The molecule has 76 valence electrons. The van der Waals surface area contributed by atoms with E-state index in [0.29, 0.717) is 0 Å². The van der Waals surface area contributed by atoms with Gasteiger partial charge in [-0.3, -0.25) is 9.78 Å². The highest BCUT2D eigenvalue weighted by Crippen LogP contribution is 2.06. The maximum Gasteiger partial charge on any atom is 0.269 e. The van der Waals surface area contributed by atoms with Crippen molar-refractivity contribution in [3.05, 3.63) is 24.0 Å². The highest BCUT2D eigenvalue weighted by Gasteiger charge is 2.11. The Balaban J connectivity index is 3.21. The highest BCUT2D eigenvalue weighted by atomic mass is 32.2. The lowest BCUT2D eigenvalue weighted by Gasteiger charge is -2.00. The Morgan fingerprint density at radius 1 is 1.57 bits per heavy atom. The molecule has 6 nitrogen and oxygen atoms in total. The molecular formula is C7H9N3O3S. The summed E-state index contributed by atoms with van der Waals surface area (Å²) in [6, 6.07) is 2.34. The molecule has 0 saturated heterocycles. The van der Waals surface area contributed by atoms with Gasteiger partial charge >= 0.3 is 0 Å². The first kappa shape index (κ1) is 10.6. The maximum absolute atomic E-state index is 11.1. The Morgan fingerprint density at radius 2 is 2.21 bits per heavy atom. The van der Waals surface area contributed by atoms with E-state index in [-0.39, 0.29) is 10.6 Å². The predicted octanol–water partition coefficient (Wildman–Crippen LogP) is -0.911. The van der Waals surface area contributed by atoms with Crippen LogP contribution in [0.15, 0.2) is 23.2 Å². The number of carbonyl (C=O) groups is 1. The van der Waals surface area contributed by atoms with Crippen molar-refractivity contribution in [3.63, 3.8) is 0 Å². The van der Waals surface area contributed by atoms with Crippen LogP contribution in [-0.4, -0.2) is 26.4 Å². The van der Waals surface area contributed by atoms with Gasteiger partial charge in [0.2, 0.25) is 10.0 Å². The summed E-state index contributed by atoms with van der Waals surface area (Å²) in [5, 5.41) is 7.20. The van der Waals surface area contributed by atoms with E-state index in [1.165, 1.54) is 19.3 Å². The van der Waals surface area contributed by atoms with Gasteiger partial charge < -0.3 is 5.32 Å². The summed E-state index contributed by atoms with van der Waals surface area (Å²) in [6.45, 7) is 0. The lowest BCUT2D eigenvalue weighted by atomic mass is 10.3. The number of amides is 1. The Kier molecular flexibility index (Phi) is 2.82. The monoisotopic (exact) mass is 215 g/mol. The molecule has 0 atom stereocenters. The van der Waals surface area contributed by atoms with Gasteiger partial charge in [0.15, 0.2) is 0 Å². The zero-order valence-electron chi connectivity index (χ0n) is 7.39. The van der Waals surface area contributed by atoms with Crippen LogP contribution in [0.2, 0.25) is 0 Å². The van der Waals surface area contributed by atoms with Crippen molar-refractivity contribution in [1.29, 1.82) is 0 Å². The fourth-order valence-electron chi connectivity index (χ4n) is 0.840. The zero-order valence-corrected chi connectivity index (χ0v) is 8.21. The third-order valence-electron chi connectivity index (χ3n) is 1.52. The SMILES string of the molecule is CNC(=O)c1cc(S(N)(=O)=O)ccn1. The lowest BCUT2D eigenvalue weighted by molar-refractivity contribution is 0.0958. The molecule has 1 aromatic heterocycles. The summed E-state index contributed by atoms with van der Waals surface area (Å²) in [5.74, 6) is -0.462. The molecule has 14 heavy (non-hydrogen) atoms. The molecule has 3 N–H and O–H groups in total. The third-order valence-corrected chi connectivity index (χ3v) is 2.43. The number of pyridine rings is 1. The average molecular weight is 215 g/mol. The van der Waals surface area contributed by atoms with Crippen LogP contribution in [0.3, 0.4) is 0 Å². The molecule has 0 unspecified atom stereocenters. The second-order valence-corrected chi connectivity index (χ2v) is 4.06. The van der Waals surface area contributed by atoms with Crippen LogP contribution in [0.25, 0.3) is 0 Å². The summed E-state index contributed by atoms with van der Waals surface area (Å²) in [4.78, 5) is 14.6. The van der Waals surface area contributed by atoms with Gasteiger partial charge in [0.25, 0.3) is 5.91 Å². The minimum Gasteiger partial charge on any atom is -0.354 e. The fourth-order valence-corrected chi connectivity index (χ4v) is 1.37. The molecule has 0 bridgehead atoms. The Bertz CT molecular complexity index is 455. The fraction of sp³-hybridized carbons (Fsp3) is 0.143. The quantitative estimate of drug-likeness (QED) is 0.666. The number of nitrogens with two attached hydrogens (primary N) is 1. The van der Waals surface area contributed by atoms with E-state index in [2.05, 4.69) is 10.3 Å². The number of hydrogen-bond acceptors (Lipinski definition) is 4. The van der Waals surface area contributed by atoms with Crippen LogP contribution in [0.1, 0.15) is 10.5 Å². The summed E-state index contributed by atoms with van der Waals surface area (Å²) >= 11 is 0. The number of nitrogens with zero attached hydrogens (tertiary/aromatic N) is 1. The van der Waals surface area contributed by atoms with Crippen LogP contribution in [0.5, 0.6) is 0 Å². The molecule has 1 rings (SSSR count). The van der Waals surface area contributed by atoms with Gasteiger partial charge in [0.05, 0.1) is 4.90 Å². The molecule has 0 saturated carbocycles. The highest BCUT2D eigenvalue weighted by molar-refractivity contribution is 7.89. The maximum atomic E-state index is 11.1. The van der Waals surface area contributed by atoms with Crippen molar-refractivity contribution in [2.24, 2.45) is 5.14 Å². The van der Waals surface area contributed by atoms with E-state index in [1.807, 2.05) is 0 Å². The van der Waals surface area contributed by atoms with Gasteiger partial charge in [-0.25, -0.2) is 13.6 Å². The molecule has 0 radical (unpaired) electrons. The van der Waals surface area contributed by atoms with Gasteiger partial charge in [-0.1, -0.05) is 0 Å². The lowest BCUT2D eigenvalue weighted by Crippen LogP contribution is -2.20. The van der Waals surface area contributed by atoms with Crippen LogP contribution in [0.4, 0.5) is 0 Å². The molecule has 0 aliphatic carbocycles. The minimum atomic E-state index is -3.79. The number of carbonyl (C=O) groups excluding carboxylic acids is 1. The Labute approximate surface area is 81.2 Å². The first-order chi connectivity index (χ1) is 6.45. The van der Waals surface area contributed by atoms with E-state index >= 15 is 0 Å². The number of sulfonamides is 1. The molecular weight excluding hydrogens is 206 g/mol. The summed E-state index contributed by atoms with van der Waals surface area (Å²) < 4.78 is 21.8. The van der Waals surface area contributed by atoms with Gasteiger partial charge in [-0.05, 0) is 12.1 Å². The standard InChI is InChI=1S/C7H9N3O3S/c1-9-7(11)6-4-5(2-3-10-6)14(8,12)13/h2-4H,1H3,(H,9,11)(H2,8,12,13). The normalized spacial score (nSPS) is 11.0. The third kappa shape index (κ3) is 2.27. The molecule has 0 fully saturated rings. The Morgan fingerprint density at radius 3 is 2.71 bits per heavy atom. The van der Waals surface area contributed by atoms with Crippen molar-refractivity contribution < 1.29 is 13.2 Å². The van der Waals surface area contributed by atoms with Crippen LogP contribution >= 0.6 is 0 Å². The zero-order chi connectivity index (χ0) is 10.8. The molecule has 0 aliphatic heterocycles. The second kappa shape index (κ2) is 3.72. The Hall–Kier alpha value is -1.47. The molecule has 1 aromatic rings.